The molecule has 0 saturated heterocycles. The molecule has 2 aromatic heterocycles. The molecule has 0 atom stereocenters. The van der Waals surface area contributed by atoms with Crippen molar-refractivity contribution >= 4 is 45.0 Å². The predicted molar refractivity (Wildman–Crippen MR) is 74.7 cm³/mol. The van der Waals surface area contributed by atoms with Gasteiger partial charge in [-0.15, -0.1) is 11.3 Å². The average molecular weight is 331 g/mol. The van der Waals surface area contributed by atoms with Gasteiger partial charge in [0.15, 0.2) is 4.34 Å². The maximum Gasteiger partial charge on any atom is 0.223 e. The Morgan fingerprint density at radius 2 is 2.35 bits per heavy atom. The molecule has 7 heteroatoms. The predicted octanol–water partition coefficient (Wildman–Crippen LogP) is 3.67. The lowest BCUT2D eigenvalue weighted by atomic mass is 10.5. The highest BCUT2D eigenvalue weighted by atomic mass is 79.9. The van der Waals surface area contributed by atoms with Crippen molar-refractivity contribution in [1.82, 2.24) is 15.0 Å². The van der Waals surface area contributed by atoms with Crippen LogP contribution in [-0.4, -0.2) is 21.5 Å². The topological polar surface area (TPSA) is 50.7 Å². The molecule has 0 radical (unpaired) electrons. The summed E-state index contributed by atoms with van der Waals surface area (Å²) in [4.78, 5) is 12.9. The van der Waals surface area contributed by atoms with Gasteiger partial charge >= 0.3 is 0 Å². The molecule has 0 unspecified atom stereocenters. The van der Waals surface area contributed by atoms with Gasteiger partial charge in [0.25, 0.3) is 0 Å². The number of hydrogen-bond acceptors (Lipinski definition) is 6. The third kappa shape index (κ3) is 3.65. The van der Waals surface area contributed by atoms with Crippen LogP contribution in [0.25, 0.3) is 0 Å². The van der Waals surface area contributed by atoms with Crippen LogP contribution in [0, 0.1) is 0 Å². The first-order valence-corrected chi connectivity index (χ1v) is 7.62. The highest BCUT2D eigenvalue weighted by Gasteiger charge is 2.08. The van der Waals surface area contributed by atoms with Crippen molar-refractivity contribution in [1.29, 1.82) is 0 Å². The van der Waals surface area contributed by atoms with Crippen LogP contribution in [0.2, 0.25) is 0 Å². The van der Waals surface area contributed by atoms with Crippen LogP contribution in [0.15, 0.2) is 31.6 Å². The summed E-state index contributed by atoms with van der Waals surface area (Å²) < 4.78 is 1.87. The van der Waals surface area contributed by atoms with E-state index in [2.05, 4.69) is 43.1 Å². The second-order valence-electron chi connectivity index (χ2n) is 3.17. The zero-order chi connectivity index (χ0) is 12.1. The quantitative estimate of drug-likeness (QED) is 0.847. The number of thiazole rings is 1. The maximum atomic E-state index is 4.45. The van der Waals surface area contributed by atoms with Crippen LogP contribution >= 0.6 is 39.0 Å². The summed E-state index contributed by atoms with van der Waals surface area (Å²) in [6, 6.07) is 0. The Labute approximate surface area is 116 Å². The zero-order valence-electron chi connectivity index (χ0n) is 9.18. The molecule has 0 amide bonds. The van der Waals surface area contributed by atoms with Crippen molar-refractivity contribution in [2.45, 2.75) is 22.7 Å². The number of hydrogen-bond donors (Lipinski definition) is 1. The van der Waals surface area contributed by atoms with Crippen LogP contribution in [0.5, 0.6) is 0 Å². The van der Waals surface area contributed by atoms with Crippen molar-refractivity contribution in [2.24, 2.45) is 0 Å². The number of rotatable bonds is 5. The number of nitrogens with zero attached hydrogens (tertiary/aromatic N) is 3. The van der Waals surface area contributed by atoms with E-state index in [1.54, 1.807) is 23.7 Å². The Bertz CT molecular complexity index is 475. The summed E-state index contributed by atoms with van der Waals surface area (Å²) in [5.41, 5.74) is 0. The standard InChI is InChI=1S/C10H11BrN4S2/c1-2-3-12-9-14-6-7(11)8(15-9)17-10-13-4-5-16-10/h4-6H,2-3H2,1H3,(H,12,14,15). The van der Waals surface area contributed by atoms with E-state index >= 15 is 0 Å². The summed E-state index contributed by atoms with van der Waals surface area (Å²) in [7, 11) is 0. The normalized spacial score (nSPS) is 10.5. The van der Waals surface area contributed by atoms with Crippen molar-refractivity contribution in [3.8, 4) is 0 Å². The van der Waals surface area contributed by atoms with Gasteiger partial charge in [0.05, 0.1) is 4.47 Å². The zero-order valence-corrected chi connectivity index (χ0v) is 12.4. The fourth-order valence-electron chi connectivity index (χ4n) is 1.09. The van der Waals surface area contributed by atoms with E-state index in [-0.39, 0.29) is 0 Å². The van der Waals surface area contributed by atoms with Gasteiger partial charge in [-0.05, 0) is 34.1 Å². The third-order valence-electron chi connectivity index (χ3n) is 1.84. The Morgan fingerprint density at radius 3 is 3.06 bits per heavy atom. The lowest BCUT2D eigenvalue weighted by molar-refractivity contribution is 0.930. The summed E-state index contributed by atoms with van der Waals surface area (Å²) in [5.74, 6) is 0.661. The van der Waals surface area contributed by atoms with Gasteiger partial charge in [-0.25, -0.2) is 15.0 Å². The summed E-state index contributed by atoms with van der Waals surface area (Å²) in [6.45, 7) is 2.99. The van der Waals surface area contributed by atoms with Crippen molar-refractivity contribution < 1.29 is 0 Å². The van der Waals surface area contributed by atoms with Gasteiger partial charge in [0.1, 0.15) is 5.03 Å². The monoisotopic (exact) mass is 330 g/mol. The first kappa shape index (κ1) is 12.8. The fraction of sp³-hybridized carbons (Fsp3) is 0.300. The molecule has 90 valence electrons. The van der Waals surface area contributed by atoms with Crippen molar-refractivity contribution in [3.05, 3.63) is 22.2 Å². The first-order valence-electron chi connectivity index (χ1n) is 5.13. The van der Waals surface area contributed by atoms with Gasteiger partial charge < -0.3 is 5.32 Å². The third-order valence-corrected chi connectivity index (χ3v) is 4.57. The van der Waals surface area contributed by atoms with Crippen molar-refractivity contribution in [3.63, 3.8) is 0 Å². The van der Waals surface area contributed by atoms with E-state index < -0.39 is 0 Å². The summed E-state index contributed by atoms with van der Waals surface area (Å²) in [6.07, 6.45) is 4.60. The van der Waals surface area contributed by atoms with Crippen LogP contribution in [0.3, 0.4) is 0 Å². The van der Waals surface area contributed by atoms with Gasteiger partial charge in [-0.2, -0.15) is 0 Å². The number of aromatic nitrogens is 3. The second kappa shape index (κ2) is 6.32. The molecular formula is C10H11BrN4S2. The molecule has 2 rings (SSSR count). The van der Waals surface area contributed by atoms with E-state index in [1.807, 2.05) is 5.38 Å². The highest BCUT2D eigenvalue weighted by molar-refractivity contribution is 9.10. The van der Waals surface area contributed by atoms with E-state index in [9.17, 15) is 0 Å². The maximum absolute atomic E-state index is 4.45. The summed E-state index contributed by atoms with van der Waals surface area (Å²) >= 11 is 6.59. The van der Waals surface area contributed by atoms with Crippen molar-refractivity contribution in [2.75, 3.05) is 11.9 Å². The molecule has 0 bridgehead atoms. The van der Waals surface area contributed by atoms with Gasteiger partial charge in [0, 0.05) is 24.3 Å². The van der Waals surface area contributed by atoms with Gasteiger partial charge in [-0.1, -0.05) is 6.92 Å². The van der Waals surface area contributed by atoms with E-state index in [1.165, 1.54) is 11.8 Å². The number of halogens is 1. The molecule has 0 fully saturated rings. The van der Waals surface area contributed by atoms with Crippen LogP contribution in [0.4, 0.5) is 5.95 Å². The van der Waals surface area contributed by atoms with E-state index in [4.69, 9.17) is 0 Å². The second-order valence-corrected chi connectivity index (χ2v) is 6.16. The molecule has 4 nitrogen and oxygen atoms in total. The molecule has 17 heavy (non-hydrogen) atoms. The van der Waals surface area contributed by atoms with E-state index in [0.29, 0.717) is 5.95 Å². The number of nitrogens with one attached hydrogen (secondary N) is 1. The molecule has 0 spiro atoms. The van der Waals surface area contributed by atoms with Crippen LogP contribution in [-0.2, 0) is 0 Å². The molecule has 0 saturated carbocycles. The highest BCUT2D eigenvalue weighted by Crippen LogP contribution is 2.32. The lowest BCUT2D eigenvalue weighted by Crippen LogP contribution is -2.04. The Balaban J connectivity index is 2.14. The molecule has 2 aromatic rings. The molecule has 0 aliphatic rings. The molecule has 0 aromatic carbocycles. The van der Waals surface area contributed by atoms with E-state index in [0.717, 1.165) is 26.8 Å². The molecule has 0 aliphatic carbocycles. The Hall–Kier alpha value is -0.660. The Kier molecular flexibility index (Phi) is 4.75. The van der Waals surface area contributed by atoms with Gasteiger partial charge in [-0.3, -0.25) is 0 Å². The fourth-order valence-corrected chi connectivity index (χ4v) is 3.04. The molecule has 1 N–H and O–H groups in total. The Morgan fingerprint density at radius 1 is 1.47 bits per heavy atom. The number of anilines is 1. The molecular weight excluding hydrogens is 320 g/mol. The van der Waals surface area contributed by atoms with Crippen LogP contribution < -0.4 is 5.32 Å². The molecule has 2 heterocycles. The van der Waals surface area contributed by atoms with Gasteiger partial charge in [0.2, 0.25) is 5.95 Å². The summed E-state index contributed by atoms with van der Waals surface area (Å²) in [5, 5.41) is 6.00. The van der Waals surface area contributed by atoms with Crippen LogP contribution in [0.1, 0.15) is 13.3 Å². The lowest BCUT2D eigenvalue weighted by Gasteiger charge is -2.05. The largest absolute Gasteiger partial charge is 0.354 e. The first-order chi connectivity index (χ1) is 8.29. The SMILES string of the molecule is CCCNc1ncc(Br)c(Sc2nccs2)n1. The smallest absolute Gasteiger partial charge is 0.223 e. The minimum atomic E-state index is 0.661. The molecule has 0 aliphatic heterocycles. The average Bonchev–Trinajstić information content (AvgIpc) is 2.83. The minimum Gasteiger partial charge on any atom is -0.354 e. The minimum absolute atomic E-state index is 0.661.